The Kier molecular flexibility index (Phi) is 6.78. The zero-order chi connectivity index (χ0) is 21.3. The zero-order valence-electron chi connectivity index (χ0n) is 16.4. The maximum atomic E-state index is 12.3. The maximum absolute atomic E-state index is 12.3. The van der Waals surface area contributed by atoms with Gasteiger partial charge in [0.25, 0.3) is 11.8 Å². The SMILES string of the molecule is CNC(=O)c1cccc(NCC(=O)Nc2cccc(NC(=O)c3ccccc3)c2)c1. The van der Waals surface area contributed by atoms with Gasteiger partial charge < -0.3 is 21.3 Å². The van der Waals surface area contributed by atoms with Gasteiger partial charge in [0.2, 0.25) is 5.91 Å². The topological polar surface area (TPSA) is 99.3 Å². The molecule has 3 aromatic rings. The van der Waals surface area contributed by atoms with E-state index in [1.807, 2.05) is 6.07 Å². The van der Waals surface area contributed by atoms with Gasteiger partial charge in [-0.1, -0.05) is 30.3 Å². The van der Waals surface area contributed by atoms with Crippen molar-refractivity contribution in [1.29, 1.82) is 0 Å². The smallest absolute Gasteiger partial charge is 0.255 e. The Morgan fingerprint density at radius 1 is 0.667 bits per heavy atom. The largest absolute Gasteiger partial charge is 0.376 e. The van der Waals surface area contributed by atoms with Crippen molar-refractivity contribution in [2.24, 2.45) is 0 Å². The van der Waals surface area contributed by atoms with Gasteiger partial charge in [0.1, 0.15) is 0 Å². The summed E-state index contributed by atoms with van der Waals surface area (Å²) in [5.41, 5.74) is 2.86. The number of hydrogen-bond donors (Lipinski definition) is 4. The predicted molar refractivity (Wildman–Crippen MR) is 118 cm³/mol. The molecule has 0 aliphatic rings. The number of carbonyl (C=O) groups is 3. The molecule has 0 bridgehead atoms. The van der Waals surface area contributed by atoms with Crippen molar-refractivity contribution < 1.29 is 14.4 Å². The van der Waals surface area contributed by atoms with E-state index >= 15 is 0 Å². The molecule has 0 saturated heterocycles. The molecular weight excluding hydrogens is 380 g/mol. The summed E-state index contributed by atoms with van der Waals surface area (Å²) in [7, 11) is 1.56. The molecule has 0 atom stereocenters. The molecule has 4 N–H and O–H groups in total. The van der Waals surface area contributed by atoms with Crippen LogP contribution in [0.2, 0.25) is 0 Å². The van der Waals surface area contributed by atoms with E-state index in [0.29, 0.717) is 28.2 Å². The summed E-state index contributed by atoms with van der Waals surface area (Å²) in [4.78, 5) is 36.2. The first-order valence-corrected chi connectivity index (χ1v) is 9.37. The first kappa shape index (κ1) is 20.6. The van der Waals surface area contributed by atoms with Crippen molar-refractivity contribution in [3.8, 4) is 0 Å². The molecule has 0 radical (unpaired) electrons. The molecule has 7 heteroatoms. The van der Waals surface area contributed by atoms with Crippen LogP contribution in [0, 0.1) is 0 Å². The second-order valence-corrected chi connectivity index (χ2v) is 6.46. The molecule has 0 aliphatic heterocycles. The van der Waals surface area contributed by atoms with E-state index < -0.39 is 0 Å². The van der Waals surface area contributed by atoms with E-state index in [4.69, 9.17) is 0 Å². The molecule has 0 aliphatic carbocycles. The maximum Gasteiger partial charge on any atom is 0.255 e. The van der Waals surface area contributed by atoms with Crippen molar-refractivity contribution in [2.45, 2.75) is 0 Å². The Morgan fingerprint density at radius 3 is 2.03 bits per heavy atom. The van der Waals surface area contributed by atoms with E-state index in [0.717, 1.165) is 0 Å². The van der Waals surface area contributed by atoms with Crippen LogP contribution >= 0.6 is 0 Å². The van der Waals surface area contributed by atoms with Crippen molar-refractivity contribution >= 4 is 34.8 Å². The van der Waals surface area contributed by atoms with Crippen molar-refractivity contribution in [3.05, 3.63) is 90.0 Å². The van der Waals surface area contributed by atoms with Gasteiger partial charge in [-0.05, 0) is 48.5 Å². The van der Waals surface area contributed by atoms with Crippen molar-refractivity contribution in [3.63, 3.8) is 0 Å². The molecule has 7 nitrogen and oxygen atoms in total. The second-order valence-electron chi connectivity index (χ2n) is 6.46. The van der Waals surface area contributed by atoms with Crippen LogP contribution in [0.3, 0.4) is 0 Å². The summed E-state index contributed by atoms with van der Waals surface area (Å²) in [6.45, 7) is 0.0256. The first-order valence-electron chi connectivity index (χ1n) is 9.37. The molecule has 0 fully saturated rings. The lowest BCUT2D eigenvalue weighted by Gasteiger charge is -2.11. The van der Waals surface area contributed by atoms with Crippen LogP contribution < -0.4 is 21.3 Å². The highest BCUT2D eigenvalue weighted by atomic mass is 16.2. The molecular formula is C23H22N4O3. The van der Waals surface area contributed by atoms with Gasteiger partial charge in [-0.3, -0.25) is 14.4 Å². The van der Waals surface area contributed by atoms with Crippen LogP contribution in [-0.2, 0) is 4.79 Å². The summed E-state index contributed by atoms with van der Waals surface area (Å²) in [6.07, 6.45) is 0. The average molecular weight is 402 g/mol. The molecule has 0 spiro atoms. The van der Waals surface area contributed by atoms with Crippen molar-refractivity contribution in [1.82, 2.24) is 5.32 Å². The highest BCUT2D eigenvalue weighted by molar-refractivity contribution is 6.04. The third-order valence-corrected chi connectivity index (χ3v) is 4.25. The van der Waals surface area contributed by atoms with Gasteiger partial charge in [-0.15, -0.1) is 0 Å². The van der Waals surface area contributed by atoms with Crippen LogP contribution in [0.25, 0.3) is 0 Å². The third kappa shape index (κ3) is 5.68. The number of hydrogen-bond acceptors (Lipinski definition) is 4. The number of rotatable bonds is 7. The standard InChI is InChI=1S/C23H22N4O3/c1-24-22(29)17-9-5-10-18(13-17)25-15-21(28)26-19-11-6-12-20(14-19)27-23(30)16-7-3-2-4-8-16/h2-14,25H,15H2,1H3,(H,24,29)(H,26,28)(H,27,30). The minimum atomic E-state index is -0.258. The molecule has 3 amide bonds. The summed E-state index contributed by atoms with van der Waals surface area (Å²) in [6, 6.07) is 22.7. The molecule has 0 aromatic heterocycles. The number of benzene rings is 3. The minimum absolute atomic E-state index is 0.0256. The normalized spacial score (nSPS) is 10.0. The van der Waals surface area contributed by atoms with Gasteiger partial charge in [-0.25, -0.2) is 0 Å². The summed E-state index contributed by atoms with van der Waals surface area (Å²) in [5.74, 6) is -0.680. The monoisotopic (exact) mass is 402 g/mol. The fourth-order valence-corrected chi connectivity index (χ4v) is 2.77. The van der Waals surface area contributed by atoms with Gasteiger partial charge in [-0.2, -0.15) is 0 Å². The summed E-state index contributed by atoms with van der Waals surface area (Å²) < 4.78 is 0. The highest BCUT2D eigenvalue weighted by Crippen LogP contribution is 2.16. The molecule has 30 heavy (non-hydrogen) atoms. The number of anilines is 3. The van der Waals surface area contributed by atoms with E-state index in [2.05, 4.69) is 21.3 Å². The van der Waals surface area contributed by atoms with E-state index in [9.17, 15) is 14.4 Å². The van der Waals surface area contributed by atoms with E-state index in [1.54, 1.807) is 79.8 Å². The summed E-state index contributed by atoms with van der Waals surface area (Å²) in [5, 5.41) is 11.1. The Balaban J connectivity index is 1.56. The van der Waals surface area contributed by atoms with Crippen LogP contribution in [-0.4, -0.2) is 31.3 Å². The fourth-order valence-electron chi connectivity index (χ4n) is 2.77. The van der Waals surface area contributed by atoms with Crippen molar-refractivity contribution in [2.75, 3.05) is 29.5 Å². The lowest BCUT2D eigenvalue weighted by molar-refractivity contribution is -0.114. The van der Waals surface area contributed by atoms with Crippen LogP contribution in [0.5, 0.6) is 0 Å². The highest BCUT2D eigenvalue weighted by Gasteiger charge is 2.08. The average Bonchev–Trinajstić information content (AvgIpc) is 2.78. The molecule has 3 aromatic carbocycles. The van der Waals surface area contributed by atoms with E-state index in [1.165, 1.54) is 0 Å². The molecule has 0 unspecified atom stereocenters. The number of nitrogens with one attached hydrogen (secondary N) is 4. The molecule has 0 heterocycles. The Labute approximate surface area is 174 Å². The molecule has 152 valence electrons. The zero-order valence-corrected chi connectivity index (χ0v) is 16.4. The molecule has 3 rings (SSSR count). The van der Waals surface area contributed by atoms with Crippen LogP contribution in [0.15, 0.2) is 78.9 Å². The van der Waals surface area contributed by atoms with Gasteiger partial charge >= 0.3 is 0 Å². The minimum Gasteiger partial charge on any atom is -0.376 e. The summed E-state index contributed by atoms with van der Waals surface area (Å²) >= 11 is 0. The second kappa shape index (κ2) is 9.88. The Hall–Kier alpha value is -4.13. The third-order valence-electron chi connectivity index (χ3n) is 4.25. The van der Waals surface area contributed by atoms with Gasteiger partial charge in [0, 0.05) is 35.2 Å². The first-order chi connectivity index (χ1) is 14.5. The quantitative estimate of drug-likeness (QED) is 0.487. The van der Waals surface area contributed by atoms with Crippen LogP contribution in [0.4, 0.5) is 17.1 Å². The number of carbonyl (C=O) groups excluding carboxylic acids is 3. The van der Waals surface area contributed by atoms with Crippen LogP contribution in [0.1, 0.15) is 20.7 Å². The lowest BCUT2D eigenvalue weighted by Crippen LogP contribution is -2.22. The van der Waals surface area contributed by atoms with Gasteiger partial charge in [0.15, 0.2) is 0 Å². The van der Waals surface area contributed by atoms with Gasteiger partial charge in [0.05, 0.1) is 6.54 Å². The Bertz CT molecular complexity index is 1050. The fraction of sp³-hybridized carbons (Fsp3) is 0.0870. The Morgan fingerprint density at radius 2 is 1.30 bits per heavy atom. The van der Waals surface area contributed by atoms with E-state index in [-0.39, 0.29) is 24.3 Å². The molecule has 0 saturated carbocycles. The predicted octanol–water partition coefficient (Wildman–Crippen LogP) is 3.35. The lowest BCUT2D eigenvalue weighted by atomic mass is 10.2. The number of amides is 3.